The molecule has 0 saturated heterocycles. The van der Waals surface area contributed by atoms with Crippen molar-refractivity contribution in [1.82, 2.24) is 16.2 Å². The van der Waals surface area contributed by atoms with Crippen LogP contribution in [-0.2, 0) is 4.79 Å². The van der Waals surface area contributed by atoms with Gasteiger partial charge in [-0.3, -0.25) is 15.6 Å². The molecule has 4 nitrogen and oxygen atoms in total. The summed E-state index contributed by atoms with van der Waals surface area (Å²) in [4.78, 5) is 11.8. The van der Waals surface area contributed by atoms with E-state index in [2.05, 4.69) is 16.2 Å². The van der Waals surface area contributed by atoms with Crippen LogP contribution < -0.4 is 16.2 Å². The Morgan fingerprint density at radius 2 is 2.00 bits per heavy atom. The van der Waals surface area contributed by atoms with Gasteiger partial charge in [-0.25, -0.2) is 0 Å². The van der Waals surface area contributed by atoms with E-state index in [0.29, 0.717) is 11.7 Å². The molecule has 0 aliphatic carbocycles. The molecule has 18 heavy (non-hydrogen) atoms. The Labute approximate surface area is 121 Å². The molecule has 7 heteroatoms. The Hall–Kier alpha value is -0.980. The predicted octanol–water partition coefficient (Wildman–Crippen LogP) is 1.95. The van der Waals surface area contributed by atoms with Crippen LogP contribution in [0.15, 0.2) is 29.2 Å². The third kappa shape index (κ3) is 6.68. The number of carbonyl (C=O) groups is 1. The molecule has 0 bridgehead atoms. The monoisotopic (exact) mass is 303 g/mol. The first-order chi connectivity index (χ1) is 8.58. The molecule has 0 aliphatic heterocycles. The Morgan fingerprint density at radius 3 is 2.61 bits per heavy atom. The molecule has 1 aromatic rings. The fraction of sp³-hybridized carbons (Fsp3) is 0.273. The van der Waals surface area contributed by atoms with Crippen molar-refractivity contribution in [3.63, 3.8) is 0 Å². The van der Waals surface area contributed by atoms with E-state index in [1.54, 1.807) is 11.8 Å². The summed E-state index contributed by atoms with van der Waals surface area (Å²) in [7, 11) is 0. The Morgan fingerprint density at radius 1 is 1.33 bits per heavy atom. The van der Waals surface area contributed by atoms with Crippen LogP contribution in [0.3, 0.4) is 0 Å². The summed E-state index contributed by atoms with van der Waals surface area (Å²) in [6.07, 6.45) is 0. The van der Waals surface area contributed by atoms with Crippen molar-refractivity contribution >= 4 is 46.6 Å². The van der Waals surface area contributed by atoms with E-state index in [9.17, 15) is 4.79 Å². The molecule has 1 rings (SSSR count). The average Bonchev–Trinajstić information content (AvgIpc) is 2.34. The molecule has 0 fully saturated rings. The van der Waals surface area contributed by atoms with Crippen molar-refractivity contribution < 1.29 is 4.79 Å². The van der Waals surface area contributed by atoms with Gasteiger partial charge in [0.1, 0.15) is 0 Å². The highest BCUT2D eigenvalue weighted by atomic mass is 35.5. The highest BCUT2D eigenvalue weighted by molar-refractivity contribution is 7.99. The van der Waals surface area contributed by atoms with Crippen LogP contribution in [0.1, 0.15) is 6.92 Å². The van der Waals surface area contributed by atoms with Crippen molar-refractivity contribution in [3.8, 4) is 0 Å². The first-order valence-electron chi connectivity index (χ1n) is 5.26. The zero-order valence-corrected chi connectivity index (χ0v) is 12.2. The summed E-state index contributed by atoms with van der Waals surface area (Å²) in [5.74, 6) is 0.679. The number of halogens is 1. The maximum atomic E-state index is 10.6. The van der Waals surface area contributed by atoms with Crippen LogP contribution in [0, 0.1) is 0 Å². The topological polar surface area (TPSA) is 53.2 Å². The quantitative estimate of drug-likeness (QED) is 0.343. The van der Waals surface area contributed by atoms with Gasteiger partial charge in [-0.1, -0.05) is 11.6 Å². The summed E-state index contributed by atoms with van der Waals surface area (Å²) in [5.41, 5.74) is 4.98. The molecular formula is C11H14ClN3OS2. The van der Waals surface area contributed by atoms with Crippen molar-refractivity contribution in [2.75, 3.05) is 12.3 Å². The van der Waals surface area contributed by atoms with Gasteiger partial charge < -0.3 is 5.32 Å². The number of benzene rings is 1. The van der Waals surface area contributed by atoms with E-state index in [0.717, 1.165) is 15.7 Å². The van der Waals surface area contributed by atoms with Gasteiger partial charge in [-0.2, -0.15) is 0 Å². The summed E-state index contributed by atoms with van der Waals surface area (Å²) in [6.45, 7) is 2.12. The van der Waals surface area contributed by atoms with E-state index in [4.69, 9.17) is 23.8 Å². The summed E-state index contributed by atoms with van der Waals surface area (Å²) in [6, 6.07) is 7.67. The standard InChI is InChI=1S/C11H14ClN3OS2/c1-8(16)14-15-11(17)13-6-7-18-10-4-2-9(12)3-5-10/h2-5H,6-7H2,1H3,(H,14,16)(H2,13,15,17). The lowest BCUT2D eigenvalue weighted by Gasteiger charge is -2.10. The molecular weight excluding hydrogens is 290 g/mol. The third-order valence-corrected chi connectivity index (χ3v) is 3.33. The highest BCUT2D eigenvalue weighted by Gasteiger charge is 1.97. The number of thioether (sulfide) groups is 1. The molecule has 0 atom stereocenters. The van der Waals surface area contributed by atoms with Gasteiger partial charge in [-0.05, 0) is 36.5 Å². The minimum atomic E-state index is -0.185. The SMILES string of the molecule is CC(=O)NNC(=S)NCCSc1ccc(Cl)cc1. The molecule has 1 aromatic carbocycles. The minimum absolute atomic E-state index is 0.185. The molecule has 0 heterocycles. The second kappa shape index (κ2) is 8.18. The molecule has 0 saturated carbocycles. The number of hydrazine groups is 1. The van der Waals surface area contributed by atoms with Gasteiger partial charge in [-0.15, -0.1) is 11.8 Å². The first kappa shape index (κ1) is 15.1. The zero-order valence-electron chi connectivity index (χ0n) is 9.83. The van der Waals surface area contributed by atoms with Crippen LogP contribution in [0.4, 0.5) is 0 Å². The number of amides is 1. The second-order valence-corrected chi connectivity index (χ2v) is 5.38. The van der Waals surface area contributed by atoms with E-state index < -0.39 is 0 Å². The van der Waals surface area contributed by atoms with E-state index >= 15 is 0 Å². The van der Waals surface area contributed by atoms with Crippen LogP contribution in [0.25, 0.3) is 0 Å². The third-order valence-electron chi connectivity index (χ3n) is 1.82. The molecule has 1 amide bonds. The molecule has 98 valence electrons. The normalized spacial score (nSPS) is 9.67. The maximum Gasteiger partial charge on any atom is 0.235 e. The average molecular weight is 304 g/mol. The Balaban J connectivity index is 2.13. The summed E-state index contributed by atoms with van der Waals surface area (Å²) < 4.78 is 0. The molecule has 0 unspecified atom stereocenters. The number of rotatable bonds is 4. The number of nitrogens with one attached hydrogen (secondary N) is 3. The number of thiocarbonyl (C=S) groups is 1. The number of carbonyl (C=O) groups excluding carboxylic acids is 1. The van der Waals surface area contributed by atoms with E-state index in [-0.39, 0.29) is 5.91 Å². The smallest absolute Gasteiger partial charge is 0.235 e. The molecule has 0 spiro atoms. The lowest BCUT2D eigenvalue weighted by molar-refractivity contribution is -0.119. The van der Waals surface area contributed by atoms with Crippen molar-refractivity contribution in [3.05, 3.63) is 29.3 Å². The van der Waals surface area contributed by atoms with Gasteiger partial charge in [0.05, 0.1) is 0 Å². The largest absolute Gasteiger partial charge is 0.361 e. The van der Waals surface area contributed by atoms with Crippen LogP contribution in [-0.4, -0.2) is 23.3 Å². The fourth-order valence-electron chi connectivity index (χ4n) is 1.05. The number of hydrogen-bond acceptors (Lipinski definition) is 3. The van der Waals surface area contributed by atoms with Crippen molar-refractivity contribution in [2.24, 2.45) is 0 Å². The van der Waals surface area contributed by atoms with Gasteiger partial charge in [0, 0.05) is 29.1 Å². The van der Waals surface area contributed by atoms with Crippen molar-refractivity contribution in [1.29, 1.82) is 0 Å². The minimum Gasteiger partial charge on any atom is -0.361 e. The van der Waals surface area contributed by atoms with Gasteiger partial charge in [0.15, 0.2) is 5.11 Å². The second-order valence-electron chi connectivity index (χ2n) is 3.36. The highest BCUT2D eigenvalue weighted by Crippen LogP contribution is 2.19. The van der Waals surface area contributed by atoms with Crippen molar-refractivity contribution in [2.45, 2.75) is 11.8 Å². The lowest BCUT2D eigenvalue weighted by atomic mass is 10.4. The fourth-order valence-corrected chi connectivity index (χ4v) is 2.10. The van der Waals surface area contributed by atoms with Crippen LogP contribution >= 0.6 is 35.6 Å². The molecule has 3 N–H and O–H groups in total. The molecule has 0 aliphatic rings. The number of hydrogen-bond donors (Lipinski definition) is 3. The van der Waals surface area contributed by atoms with Gasteiger partial charge in [0.25, 0.3) is 0 Å². The lowest BCUT2D eigenvalue weighted by Crippen LogP contribution is -2.46. The Bertz CT molecular complexity index is 411. The predicted molar refractivity (Wildman–Crippen MR) is 79.7 cm³/mol. The van der Waals surface area contributed by atoms with Gasteiger partial charge in [0.2, 0.25) is 5.91 Å². The van der Waals surface area contributed by atoms with Crippen LogP contribution in [0.5, 0.6) is 0 Å². The summed E-state index contributed by atoms with van der Waals surface area (Å²) >= 11 is 12.4. The molecule has 0 aromatic heterocycles. The zero-order chi connectivity index (χ0) is 13.4. The maximum absolute atomic E-state index is 10.6. The van der Waals surface area contributed by atoms with E-state index in [1.807, 2.05) is 24.3 Å². The summed E-state index contributed by atoms with van der Waals surface area (Å²) in [5, 5.41) is 4.12. The van der Waals surface area contributed by atoms with E-state index in [1.165, 1.54) is 6.92 Å². The Kier molecular flexibility index (Phi) is 6.85. The van der Waals surface area contributed by atoms with Crippen LogP contribution in [0.2, 0.25) is 5.02 Å². The first-order valence-corrected chi connectivity index (χ1v) is 7.04. The van der Waals surface area contributed by atoms with Gasteiger partial charge >= 0.3 is 0 Å². The molecule has 0 radical (unpaired) electrons.